The number of nitrogens with two attached hydrogens (primary N) is 1. The van der Waals surface area contributed by atoms with Crippen molar-refractivity contribution in [3.8, 4) is 0 Å². The van der Waals surface area contributed by atoms with Gasteiger partial charge in [-0.05, 0) is 18.2 Å². The molecule has 0 aromatic heterocycles. The van der Waals surface area contributed by atoms with E-state index < -0.39 is 54.5 Å². The zero-order valence-electron chi connectivity index (χ0n) is 14.9. The van der Waals surface area contributed by atoms with Gasteiger partial charge < -0.3 is 20.7 Å². The molecule has 29 heavy (non-hydrogen) atoms. The van der Waals surface area contributed by atoms with E-state index in [1.54, 1.807) is 0 Å². The maximum atomic E-state index is 13.5. The van der Waals surface area contributed by atoms with Gasteiger partial charge in [0.05, 0.1) is 30.4 Å². The Kier molecular flexibility index (Phi) is 7.08. The summed E-state index contributed by atoms with van der Waals surface area (Å²) in [5.74, 6) is -1.68. The van der Waals surface area contributed by atoms with E-state index in [1.807, 2.05) is 10.6 Å². The molecule has 1 fully saturated rings. The Balaban J connectivity index is 2.25. The van der Waals surface area contributed by atoms with E-state index in [0.717, 1.165) is 11.0 Å². The third-order valence-corrected chi connectivity index (χ3v) is 3.97. The monoisotopic (exact) mass is 428 g/mol. The van der Waals surface area contributed by atoms with Crippen LogP contribution in [0.3, 0.4) is 0 Å². The van der Waals surface area contributed by atoms with Crippen LogP contribution >= 0.6 is 0 Å². The summed E-state index contributed by atoms with van der Waals surface area (Å²) in [6.45, 7) is -2.17. The van der Waals surface area contributed by atoms with Crippen LogP contribution < -0.4 is 21.3 Å². The number of anilines is 2. The average molecular weight is 428 g/mol. The number of alkyl halides is 6. The van der Waals surface area contributed by atoms with E-state index in [2.05, 4.69) is 0 Å². The van der Waals surface area contributed by atoms with E-state index in [1.165, 1.54) is 6.07 Å². The fraction of sp³-hybridized carbons (Fsp3) is 0.500. The highest BCUT2D eigenvalue weighted by molar-refractivity contribution is 5.97. The number of nitrogens with one attached hydrogen (secondary N) is 2. The first-order chi connectivity index (χ1) is 13.4. The van der Waals surface area contributed by atoms with E-state index in [4.69, 9.17) is 10.5 Å². The molecule has 1 aromatic rings. The topological polar surface area (TPSA) is 96.7 Å². The van der Waals surface area contributed by atoms with Crippen molar-refractivity contribution < 1.29 is 40.7 Å². The molecule has 0 radical (unpaired) electrons. The predicted molar refractivity (Wildman–Crippen MR) is 90.1 cm³/mol. The molecule has 1 heterocycles. The number of carbonyl (C=O) groups excluding carboxylic acids is 2. The molecule has 0 spiro atoms. The van der Waals surface area contributed by atoms with Crippen LogP contribution in [0.4, 0.5) is 37.7 Å². The quantitative estimate of drug-likeness (QED) is 0.597. The van der Waals surface area contributed by atoms with Crippen LogP contribution in [0, 0.1) is 0 Å². The van der Waals surface area contributed by atoms with Crippen molar-refractivity contribution in [2.75, 3.05) is 43.1 Å². The highest BCUT2D eigenvalue weighted by Crippen LogP contribution is 2.37. The Morgan fingerprint density at radius 1 is 1.24 bits per heavy atom. The van der Waals surface area contributed by atoms with Gasteiger partial charge in [0.2, 0.25) is 5.91 Å². The molecule has 2 amide bonds. The summed E-state index contributed by atoms with van der Waals surface area (Å²) < 4.78 is 82.2. The third-order valence-electron chi connectivity index (χ3n) is 3.97. The molecule has 7 nitrogen and oxygen atoms in total. The van der Waals surface area contributed by atoms with E-state index >= 15 is 0 Å². The molecular weight excluding hydrogens is 410 g/mol. The molecule has 0 saturated carbocycles. The minimum Gasteiger partial charge on any atom is -0.370 e. The van der Waals surface area contributed by atoms with Gasteiger partial charge in [0.15, 0.2) is 0 Å². The van der Waals surface area contributed by atoms with Crippen molar-refractivity contribution in [1.29, 1.82) is 0 Å². The smallest absolute Gasteiger partial charge is 0.370 e. The van der Waals surface area contributed by atoms with Crippen molar-refractivity contribution in [2.24, 2.45) is 5.73 Å². The molecule has 0 unspecified atom stereocenters. The maximum absolute atomic E-state index is 13.5. The lowest BCUT2D eigenvalue weighted by atomic mass is 10.1. The lowest BCUT2D eigenvalue weighted by Gasteiger charge is -2.28. The van der Waals surface area contributed by atoms with Gasteiger partial charge >= 0.3 is 12.4 Å². The highest BCUT2D eigenvalue weighted by Gasteiger charge is 2.36. The van der Waals surface area contributed by atoms with E-state index in [9.17, 15) is 35.9 Å². The van der Waals surface area contributed by atoms with Gasteiger partial charge in [-0.2, -0.15) is 26.3 Å². The Morgan fingerprint density at radius 3 is 2.48 bits per heavy atom. The molecule has 2 rings (SSSR count). The van der Waals surface area contributed by atoms with Crippen LogP contribution in [0.1, 0.15) is 5.56 Å². The Labute approximate surface area is 161 Å². The predicted octanol–water partition coefficient (Wildman–Crippen LogP) is 1.49. The molecule has 1 atom stereocenters. The van der Waals surface area contributed by atoms with Gasteiger partial charge in [-0.3, -0.25) is 14.9 Å². The molecular formula is C16H18F6N4O3. The maximum Gasteiger partial charge on any atom is 0.418 e. The van der Waals surface area contributed by atoms with Gasteiger partial charge in [0.25, 0.3) is 5.91 Å². The number of carbonyl (C=O) groups is 2. The third kappa shape index (κ3) is 6.30. The molecule has 13 heteroatoms. The van der Waals surface area contributed by atoms with Crippen LogP contribution in [0.25, 0.3) is 0 Å². The average Bonchev–Trinajstić information content (AvgIpc) is 2.61. The van der Waals surface area contributed by atoms with Gasteiger partial charge in [0, 0.05) is 18.8 Å². The van der Waals surface area contributed by atoms with Gasteiger partial charge in [-0.25, -0.2) is 0 Å². The van der Waals surface area contributed by atoms with Gasteiger partial charge in [-0.15, -0.1) is 0 Å². The molecule has 1 aliphatic heterocycles. The molecule has 0 aliphatic carbocycles. The van der Waals surface area contributed by atoms with Crippen LogP contribution in [0.15, 0.2) is 18.2 Å². The number of hydrogen-bond acceptors (Lipinski definition) is 5. The second-order valence-corrected chi connectivity index (χ2v) is 6.10. The number of morpholine rings is 1. The molecule has 1 saturated heterocycles. The summed E-state index contributed by atoms with van der Waals surface area (Å²) >= 11 is 0. The first-order valence-corrected chi connectivity index (χ1v) is 8.33. The number of nitrogens with zero attached hydrogens (tertiary/aromatic N) is 1. The fourth-order valence-electron chi connectivity index (χ4n) is 2.58. The highest BCUT2D eigenvalue weighted by atomic mass is 19.4. The van der Waals surface area contributed by atoms with Crippen LogP contribution in [0.2, 0.25) is 0 Å². The zero-order valence-corrected chi connectivity index (χ0v) is 14.9. The minimum absolute atomic E-state index is 0.0470. The van der Waals surface area contributed by atoms with Crippen LogP contribution in [0.5, 0.6) is 0 Å². The number of amides is 2. The summed E-state index contributed by atoms with van der Waals surface area (Å²) in [4.78, 5) is 25.1. The van der Waals surface area contributed by atoms with Gasteiger partial charge in [-0.1, -0.05) is 0 Å². The van der Waals surface area contributed by atoms with Crippen molar-refractivity contribution in [2.45, 2.75) is 18.4 Å². The molecule has 1 aliphatic rings. The second kappa shape index (κ2) is 8.97. The summed E-state index contributed by atoms with van der Waals surface area (Å²) in [6.07, 6.45) is -9.53. The number of ether oxygens (including phenoxy) is 1. The summed E-state index contributed by atoms with van der Waals surface area (Å²) in [7, 11) is 0. The SMILES string of the molecule is NC[C@@H](NCC(F)(F)F)C(=O)Nc1ccc(N2CCOCC2=O)cc1C(F)(F)F. The van der Waals surface area contributed by atoms with Gasteiger partial charge in [0.1, 0.15) is 6.61 Å². The zero-order chi connectivity index (χ0) is 21.8. The number of halogens is 6. The summed E-state index contributed by atoms with van der Waals surface area (Å²) in [6, 6.07) is 1.24. The van der Waals surface area contributed by atoms with Crippen LogP contribution in [-0.2, 0) is 20.5 Å². The summed E-state index contributed by atoms with van der Waals surface area (Å²) in [5, 5.41) is 3.80. The number of hydrogen-bond donors (Lipinski definition) is 3. The summed E-state index contributed by atoms with van der Waals surface area (Å²) in [5.41, 5.74) is 3.28. The molecule has 1 aromatic carbocycles. The number of rotatable bonds is 6. The van der Waals surface area contributed by atoms with Crippen molar-refractivity contribution in [1.82, 2.24) is 5.32 Å². The Hall–Kier alpha value is -2.38. The van der Waals surface area contributed by atoms with Crippen molar-refractivity contribution in [3.05, 3.63) is 23.8 Å². The fourth-order valence-corrected chi connectivity index (χ4v) is 2.58. The largest absolute Gasteiger partial charge is 0.418 e. The number of benzene rings is 1. The normalized spacial score (nSPS) is 16.7. The lowest BCUT2D eigenvalue weighted by molar-refractivity contribution is -0.137. The van der Waals surface area contributed by atoms with Crippen molar-refractivity contribution in [3.63, 3.8) is 0 Å². The van der Waals surface area contributed by atoms with Crippen molar-refractivity contribution >= 4 is 23.2 Å². The Bertz CT molecular complexity index is 753. The second-order valence-electron chi connectivity index (χ2n) is 6.10. The Morgan fingerprint density at radius 2 is 1.93 bits per heavy atom. The first kappa shape index (κ1) is 22.9. The molecule has 4 N–H and O–H groups in total. The molecule has 0 bridgehead atoms. The standard InChI is InChI=1S/C16H18F6N4O3/c17-15(18,19)8-24-12(6-23)14(28)25-11-2-1-9(5-10(11)16(20,21)22)26-3-4-29-7-13(26)27/h1-2,5,12,24H,3-4,6-8,23H2,(H,25,28)/t12-/m1/s1. The minimum atomic E-state index is -4.90. The van der Waals surface area contributed by atoms with Crippen LogP contribution in [-0.4, -0.2) is 56.9 Å². The lowest BCUT2D eigenvalue weighted by Crippen LogP contribution is -2.49. The van der Waals surface area contributed by atoms with E-state index in [-0.39, 0.29) is 25.4 Å². The molecule has 162 valence electrons. The van der Waals surface area contributed by atoms with E-state index in [0.29, 0.717) is 6.07 Å². The first-order valence-electron chi connectivity index (χ1n) is 8.33.